The maximum Gasteiger partial charge on any atom is 0.175 e. The van der Waals surface area contributed by atoms with Crippen LogP contribution in [0.1, 0.15) is 0 Å². The monoisotopic (exact) mass is 233 g/mol. The van der Waals surface area contributed by atoms with Crippen molar-refractivity contribution in [2.75, 3.05) is 0 Å². The Hall–Kier alpha value is -1.88. The van der Waals surface area contributed by atoms with E-state index in [9.17, 15) is 4.39 Å². The summed E-state index contributed by atoms with van der Waals surface area (Å²) in [6.45, 7) is 0. The minimum Gasteiger partial charge on any atom is -0.331 e. The van der Waals surface area contributed by atoms with E-state index in [0.717, 1.165) is 5.52 Å². The lowest BCUT2D eigenvalue weighted by Gasteiger charge is -2.04. The lowest BCUT2D eigenvalue weighted by molar-refractivity contribution is 0.620. The molecule has 0 saturated heterocycles. The molecular weight excluding hydrogens is 225 g/mol. The molecule has 0 spiro atoms. The van der Waals surface area contributed by atoms with E-state index in [1.807, 2.05) is 12.1 Å². The topological polar surface area (TPSA) is 36.5 Å². The van der Waals surface area contributed by atoms with Gasteiger partial charge >= 0.3 is 0 Å². The molecule has 0 radical (unpaired) electrons. The van der Waals surface area contributed by atoms with Crippen LogP contribution in [0.2, 0.25) is 0 Å². The molecule has 0 bridgehead atoms. The van der Waals surface area contributed by atoms with Crippen molar-refractivity contribution in [3.05, 3.63) is 47.2 Å². The van der Waals surface area contributed by atoms with Gasteiger partial charge in [-0.25, -0.2) is 4.39 Å². The van der Waals surface area contributed by atoms with Crippen molar-refractivity contribution in [3.63, 3.8) is 0 Å². The van der Waals surface area contributed by atoms with Crippen LogP contribution in [-0.2, 0) is 0 Å². The Labute approximate surface area is 95.5 Å². The molecule has 2 N–H and O–H groups in total. The summed E-state index contributed by atoms with van der Waals surface area (Å²) in [5.41, 5.74) is 1.98. The van der Waals surface area contributed by atoms with Crippen LogP contribution < -0.4 is 0 Å². The second-order valence-corrected chi connectivity index (χ2v) is 3.93. The zero-order valence-corrected chi connectivity index (χ0v) is 9.01. The van der Waals surface area contributed by atoms with Crippen molar-refractivity contribution in [3.8, 4) is 5.69 Å². The van der Waals surface area contributed by atoms with E-state index in [1.165, 1.54) is 6.07 Å². The van der Waals surface area contributed by atoms with Crippen molar-refractivity contribution in [1.82, 2.24) is 14.5 Å². The molecule has 3 aromatic rings. The summed E-state index contributed by atoms with van der Waals surface area (Å²) >= 11 is 4.96. The number of nitrogens with zero attached hydrogens (tertiary/aromatic N) is 1. The van der Waals surface area contributed by atoms with E-state index in [-0.39, 0.29) is 5.82 Å². The molecule has 1 aromatic carbocycles. The van der Waals surface area contributed by atoms with Crippen LogP contribution in [-0.4, -0.2) is 14.5 Å². The highest BCUT2D eigenvalue weighted by Gasteiger charge is 2.07. The maximum atomic E-state index is 13.8. The van der Waals surface area contributed by atoms with Gasteiger partial charge in [-0.05, 0) is 30.4 Å². The third-order valence-corrected chi connectivity index (χ3v) is 2.67. The fourth-order valence-corrected chi connectivity index (χ4v) is 1.96. The Morgan fingerprint density at radius 1 is 1.06 bits per heavy atom. The first-order valence-electron chi connectivity index (χ1n) is 4.79. The number of benzene rings is 1. The van der Waals surface area contributed by atoms with Crippen LogP contribution in [0.25, 0.3) is 16.7 Å². The highest BCUT2D eigenvalue weighted by molar-refractivity contribution is 7.71. The summed E-state index contributed by atoms with van der Waals surface area (Å²) < 4.78 is 16.0. The lowest BCUT2D eigenvalue weighted by atomic mass is 10.2. The Kier molecular flexibility index (Phi) is 1.94. The van der Waals surface area contributed by atoms with Gasteiger partial charge in [-0.3, -0.25) is 0 Å². The molecule has 3 rings (SSSR count). The van der Waals surface area contributed by atoms with Gasteiger partial charge in [0.2, 0.25) is 0 Å². The van der Waals surface area contributed by atoms with E-state index >= 15 is 0 Å². The van der Waals surface area contributed by atoms with Crippen molar-refractivity contribution in [2.45, 2.75) is 0 Å². The molecule has 80 valence electrons. The molecule has 0 fully saturated rings. The van der Waals surface area contributed by atoms with E-state index in [2.05, 4.69) is 9.97 Å². The first-order valence-corrected chi connectivity index (χ1v) is 5.20. The normalized spacial score (nSPS) is 11.1. The van der Waals surface area contributed by atoms with Crippen molar-refractivity contribution in [2.24, 2.45) is 0 Å². The molecular formula is C11H8FN3S. The molecule has 0 unspecified atom stereocenters. The van der Waals surface area contributed by atoms with Gasteiger partial charge in [-0.1, -0.05) is 0 Å². The average Bonchev–Trinajstić information content (AvgIpc) is 2.83. The van der Waals surface area contributed by atoms with Crippen molar-refractivity contribution >= 4 is 23.3 Å². The number of rotatable bonds is 1. The predicted octanol–water partition coefficient (Wildman–Crippen LogP) is 3.16. The van der Waals surface area contributed by atoms with Gasteiger partial charge in [0.25, 0.3) is 0 Å². The van der Waals surface area contributed by atoms with Crippen LogP contribution in [0.4, 0.5) is 4.39 Å². The zero-order chi connectivity index (χ0) is 11.1. The Morgan fingerprint density at radius 3 is 2.38 bits per heavy atom. The number of fused-ring (bicyclic) bond motifs is 1. The molecule has 0 amide bonds. The highest BCUT2D eigenvalue weighted by atomic mass is 32.1. The third kappa shape index (κ3) is 1.37. The van der Waals surface area contributed by atoms with E-state index in [1.54, 1.807) is 23.0 Å². The number of H-pyrrole nitrogens is 2. The van der Waals surface area contributed by atoms with Crippen LogP contribution in [0, 0.1) is 10.6 Å². The Balaban J connectivity index is 2.33. The maximum absolute atomic E-state index is 13.8. The average molecular weight is 233 g/mol. The van der Waals surface area contributed by atoms with Crippen molar-refractivity contribution < 1.29 is 4.39 Å². The summed E-state index contributed by atoms with van der Waals surface area (Å²) in [6.07, 6.45) is 3.59. The van der Waals surface area contributed by atoms with Crippen LogP contribution in [0.3, 0.4) is 0 Å². The van der Waals surface area contributed by atoms with Crippen LogP contribution in [0.15, 0.2) is 36.7 Å². The fraction of sp³-hybridized carbons (Fsp3) is 0. The first-order chi connectivity index (χ1) is 7.74. The number of aromatic amines is 2. The second-order valence-electron chi connectivity index (χ2n) is 3.52. The van der Waals surface area contributed by atoms with E-state index in [4.69, 9.17) is 12.2 Å². The van der Waals surface area contributed by atoms with E-state index < -0.39 is 0 Å². The van der Waals surface area contributed by atoms with Gasteiger partial charge in [-0.15, -0.1) is 0 Å². The van der Waals surface area contributed by atoms with Gasteiger partial charge < -0.3 is 14.5 Å². The third-order valence-electron chi connectivity index (χ3n) is 2.47. The summed E-state index contributed by atoms with van der Waals surface area (Å²) in [7, 11) is 0. The molecule has 0 atom stereocenters. The number of nitrogens with one attached hydrogen (secondary N) is 2. The quantitative estimate of drug-likeness (QED) is 0.622. The van der Waals surface area contributed by atoms with Crippen LogP contribution >= 0.6 is 12.2 Å². The number of aromatic nitrogens is 3. The number of hydrogen-bond donors (Lipinski definition) is 2. The minimum absolute atomic E-state index is 0.283. The SMILES string of the molecule is Fc1cc2[nH]c(=S)[nH]c2cc1-n1cccc1. The minimum atomic E-state index is -0.283. The van der Waals surface area contributed by atoms with Gasteiger partial charge in [-0.2, -0.15) is 0 Å². The van der Waals surface area contributed by atoms with Crippen LogP contribution in [0.5, 0.6) is 0 Å². The number of hydrogen-bond acceptors (Lipinski definition) is 1. The van der Waals surface area contributed by atoms with E-state index in [0.29, 0.717) is 16.0 Å². The number of halogens is 1. The Morgan fingerprint density at radius 2 is 1.69 bits per heavy atom. The summed E-state index contributed by atoms with van der Waals surface area (Å²) in [6, 6.07) is 6.87. The lowest BCUT2D eigenvalue weighted by Crippen LogP contribution is -1.94. The van der Waals surface area contributed by atoms with Gasteiger partial charge in [0.05, 0.1) is 16.7 Å². The molecule has 0 aliphatic carbocycles. The second kappa shape index (κ2) is 3.31. The summed E-state index contributed by atoms with van der Waals surface area (Å²) in [5.74, 6) is -0.283. The predicted molar refractivity (Wildman–Crippen MR) is 62.8 cm³/mol. The fourth-order valence-electron chi connectivity index (χ4n) is 1.74. The molecule has 0 aliphatic heterocycles. The van der Waals surface area contributed by atoms with Crippen molar-refractivity contribution in [1.29, 1.82) is 0 Å². The Bertz CT molecular complexity index is 694. The largest absolute Gasteiger partial charge is 0.331 e. The molecule has 5 heteroatoms. The molecule has 3 nitrogen and oxygen atoms in total. The highest BCUT2D eigenvalue weighted by Crippen LogP contribution is 2.20. The molecule has 0 saturated carbocycles. The molecule has 2 aromatic heterocycles. The first kappa shape index (κ1) is 9.35. The standard InChI is InChI=1S/C11H8FN3S/c12-7-5-8-9(14-11(16)13-8)6-10(7)15-3-1-2-4-15/h1-6H,(H2,13,14,16). The van der Waals surface area contributed by atoms with Gasteiger partial charge in [0.1, 0.15) is 5.82 Å². The zero-order valence-electron chi connectivity index (χ0n) is 8.20. The molecule has 0 aliphatic rings. The summed E-state index contributed by atoms with van der Waals surface area (Å²) in [4.78, 5) is 5.85. The van der Waals surface area contributed by atoms with Gasteiger partial charge in [0.15, 0.2) is 4.77 Å². The smallest absolute Gasteiger partial charge is 0.175 e. The molecule has 16 heavy (non-hydrogen) atoms. The summed E-state index contributed by atoms with van der Waals surface area (Å²) in [5, 5.41) is 0. The molecule has 2 heterocycles. The number of imidazole rings is 1. The van der Waals surface area contributed by atoms with Gasteiger partial charge in [0, 0.05) is 18.5 Å².